The number of anilines is 1. The molecule has 1 aromatic heterocycles. The summed E-state index contributed by atoms with van der Waals surface area (Å²) in [5, 5.41) is 3.33. The van der Waals surface area contributed by atoms with Crippen molar-refractivity contribution in [2.75, 3.05) is 11.4 Å². The molecule has 0 fully saturated rings. The summed E-state index contributed by atoms with van der Waals surface area (Å²) < 4.78 is 18.8. The molecule has 0 saturated heterocycles. The lowest BCUT2D eigenvalue weighted by atomic mass is 10.2. The molecule has 0 atom stereocenters. The van der Waals surface area contributed by atoms with E-state index in [-0.39, 0.29) is 5.82 Å². The highest BCUT2D eigenvalue weighted by Gasteiger charge is 2.09. The molecule has 0 aliphatic carbocycles. The Kier molecular flexibility index (Phi) is 5.39. The fourth-order valence-corrected chi connectivity index (χ4v) is 2.13. The van der Waals surface area contributed by atoms with Gasteiger partial charge in [-0.1, -0.05) is 13.8 Å². The lowest BCUT2D eigenvalue weighted by Crippen LogP contribution is -2.22. The second-order valence-corrected chi connectivity index (χ2v) is 5.39. The minimum Gasteiger partial charge on any atom is -0.463 e. The Morgan fingerprint density at radius 1 is 1.10 bits per heavy atom. The van der Waals surface area contributed by atoms with E-state index in [1.807, 2.05) is 12.1 Å². The van der Waals surface area contributed by atoms with Crippen molar-refractivity contribution in [1.82, 2.24) is 5.32 Å². The first-order chi connectivity index (χ1) is 10.1. The molecule has 0 spiro atoms. The van der Waals surface area contributed by atoms with E-state index in [1.165, 1.54) is 12.1 Å². The first-order valence-corrected chi connectivity index (χ1v) is 7.40. The predicted octanol–water partition coefficient (Wildman–Crippen LogP) is 3.94. The van der Waals surface area contributed by atoms with Gasteiger partial charge in [0, 0.05) is 18.3 Å². The Morgan fingerprint density at radius 3 is 2.38 bits per heavy atom. The molecule has 1 N–H and O–H groups in total. The van der Waals surface area contributed by atoms with Crippen molar-refractivity contribution in [3.8, 4) is 0 Å². The quantitative estimate of drug-likeness (QED) is 0.837. The van der Waals surface area contributed by atoms with E-state index in [1.54, 1.807) is 12.1 Å². The van der Waals surface area contributed by atoms with Gasteiger partial charge in [-0.05, 0) is 43.3 Å². The van der Waals surface area contributed by atoms with Crippen LogP contribution < -0.4 is 10.2 Å². The zero-order chi connectivity index (χ0) is 15.2. The van der Waals surface area contributed by atoms with Crippen molar-refractivity contribution in [1.29, 1.82) is 0 Å². The highest BCUT2D eigenvalue weighted by atomic mass is 19.1. The third kappa shape index (κ3) is 4.60. The third-order valence-corrected chi connectivity index (χ3v) is 3.32. The molecule has 0 bridgehead atoms. The maximum Gasteiger partial charge on any atom is 0.123 e. The number of hydrogen-bond donors (Lipinski definition) is 1. The summed E-state index contributed by atoms with van der Waals surface area (Å²) in [6.45, 7) is 8.55. The fourth-order valence-electron chi connectivity index (χ4n) is 2.13. The van der Waals surface area contributed by atoms with Gasteiger partial charge in [-0.25, -0.2) is 4.39 Å². The molecule has 0 unspecified atom stereocenters. The summed E-state index contributed by atoms with van der Waals surface area (Å²) in [7, 11) is 0. The average molecular weight is 290 g/mol. The minimum absolute atomic E-state index is 0.213. The van der Waals surface area contributed by atoms with Crippen LogP contribution in [0, 0.1) is 5.82 Å². The van der Waals surface area contributed by atoms with E-state index >= 15 is 0 Å². The maximum absolute atomic E-state index is 13.0. The van der Waals surface area contributed by atoms with Gasteiger partial charge in [0.25, 0.3) is 0 Å². The van der Waals surface area contributed by atoms with Crippen LogP contribution in [-0.2, 0) is 13.1 Å². The molecule has 114 valence electrons. The predicted molar refractivity (Wildman–Crippen MR) is 83.8 cm³/mol. The summed E-state index contributed by atoms with van der Waals surface area (Å²) in [5.74, 6) is 1.64. The number of hydrogen-bond acceptors (Lipinski definition) is 3. The van der Waals surface area contributed by atoms with Gasteiger partial charge in [-0.15, -0.1) is 0 Å². The van der Waals surface area contributed by atoms with Crippen LogP contribution in [0.1, 0.15) is 32.3 Å². The Bertz CT molecular complexity index is 548. The van der Waals surface area contributed by atoms with E-state index in [0.29, 0.717) is 12.6 Å². The number of nitrogens with one attached hydrogen (secondary N) is 1. The van der Waals surface area contributed by atoms with Crippen LogP contribution >= 0.6 is 0 Å². The van der Waals surface area contributed by atoms with Gasteiger partial charge in [-0.2, -0.15) is 0 Å². The largest absolute Gasteiger partial charge is 0.463 e. The Hall–Kier alpha value is -1.81. The van der Waals surface area contributed by atoms with Crippen LogP contribution in [0.25, 0.3) is 0 Å². The summed E-state index contributed by atoms with van der Waals surface area (Å²) in [6, 6.07) is 11.0. The minimum atomic E-state index is -0.213. The molecular weight excluding hydrogens is 267 g/mol. The smallest absolute Gasteiger partial charge is 0.123 e. The normalized spacial score (nSPS) is 11.1. The number of furan rings is 1. The van der Waals surface area contributed by atoms with Gasteiger partial charge < -0.3 is 14.6 Å². The van der Waals surface area contributed by atoms with Crippen molar-refractivity contribution >= 4 is 5.69 Å². The van der Waals surface area contributed by atoms with Crippen molar-refractivity contribution in [2.24, 2.45) is 0 Å². The fraction of sp³-hybridized carbons (Fsp3) is 0.412. The maximum atomic E-state index is 13.0. The highest BCUT2D eigenvalue weighted by Crippen LogP contribution is 2.19. The van der Waals surface area contributed by atoms with Crippen LogP contribution in [0.5, 0.6) is 0 Å². The average Bonchev–Trinajstić information content (AvgIpc) is 2.91. The lowest BCUT2D eigenvalue weighted by Gasteiger charge is -2.21. The monoisotopic (exact) mass is 290 g/mol. The number of nitrogens with zero attached hydrogens (tertiary/aromatic N) is 1. The van der Waals surface area contributed by atoms with E-state index in [0.717, 1.165) is 30.3 Å². The number of benzene rings is 1. The van der Waals surface area contributed by atoms with Gasteiger partial charge in [0.15, 0.2) is 0 Å². The van der Waals surface area contributed by atoms with Crippen molar-refractivity contribution in [3.05, 3.63) is 53.7 Å². The van der Waals surface area contributed by atoms with Gasteiger partial charge in [0.05, 0.1) is 13.1 Å². The number of halogens is 1. The molecule has 2 aromatic rings. The standard InChI is InChI=1S/C17H23FN2O/c1-4-20(15-7-5-14(18)6-8-15)12-17-10-9-16(21-17)11-19-13(2)3/h5-10,13,19H,4,11-12H2,1-3H3. The summed E-state index contributed by atoms with van der Waals surface area (Å²) in [6.07, 6.45) is 0. The second-order valence-electron chi connectivity index (χ2n) is 5.39. The molecule has 4 heteroatoms. The Balaban J connectivity index is 2.00. The van der Waals surface area contributed by atoms with Crippen molar-refractivity contribution < 1.29 is 8.81 Å². The van der Waals surface area contributed by atoms with Gasteiger partial charge in [-0.3, -0.25) is 0 Å². The van der Waals surface area contributed by atoms with Gasteiger partial charge in [0.2, 0.25) is 0 Å². The third-order valence-electron chi connectivity index (χ3n) is 3.32. The van der Waals surface area contributed by atoms with Gasteiger partial charge >= 0.3 is 0 Å². The molecule has 3 nitrogen and oxygen atoms in total. The number of rotatable bonds is 7. The molecule has 0 amide bonds. The SMILES string of the molecule is CCN(Cc1ccc(CNC(C)C)o1)c1ccc(F)cc1. The molecule has 2 rings (SSSR count). The van der Waals surface area contributed by atoms with Crippen LogP contribution in [0.4, 0.5) is 10.1 Å². The summed E-state index contributed by atoms with van der Waals surface area (Å²) in [4.78, 5) is 2.15. The zero-order valence-corrected chi connectivity index (χ0v) is 12.9. The molecular formula is C17H23FN2O. The topological polar surface area (TPSA) is 28.4 Å². The van der Waals surface area contributed by atoms with E-state index in [4.69, 9.17) is 4.42 Å². The Morgan fingerprint density at radius 2 is 1.76 bits per heavy atom. The van der Waals surface area contributed by atoms with Crippen molar-refractivity contribution in [2.45, 2.75) is 39.9 Å². The van der Waals surface area contributed by atoms with E-state index < -0.39 is 0 Å². The highest BCUT2D eigenvalue weighted by molar-refractivity contribution is 5.46. The van der Waals surface area contributed by atoms with Crippen LogP contribution in [0.2, 0.25) is 0 Å². The molecule has 0 saturated carbocycles. The molecule has 1 aromatic carbocycles. The van der Waals surface area contributed by atoms with Crippen LogP contribution in [-0.4, -0.2) is 12.6 Å². The van der Waals surface area contributed by atoms with Crippen LogP contribution in [0.15, 0.2) is 40.8 Å². The van der Waals surface area contributed by atoms with Crippen LogP contribution in [0.3, 0.4) is 0 Å². The summed E-state index contributed by atoms with van der Waals surface area (Å²) >= 11 is 0. The van der Waals surface area contributed by atoms with Gasteiger partial charge in [0.1, 0.15) is 17.3 Å². The molecule has 21 heavy (non-hydrogen) atoms. The molecule has 0 radical (unpaired) electrons. The Labute approximate surface area is 125 Å². The van der Waals surface area contributed by atoms with E-state index in [2.05, 4.69) is 31.0 Å². The zero-order valence-electron chi connectivity index (χ0n) is 12.9. The van der Waals surface area contributed by atoms with E-state index in [9.17, 15) is 4.39 Å². The first-order valence-electron chi connectivity index (χ1n) is 7.40. The summed E-state index contributed by atoms with van der Waals surface area (Å²) in [5.41, 5.74) is 0.997. The lowest BCUT2D eigenvalue weighted by molar-refractivity contribution is 0.433. The molecule has 0 aliphatic rings. The second kappa shape index (κ2) is 7.27. The van der Waals surface area contributed by atoms with Crippen molar-refractivity contribution in [3.63, 3.8) is 0 Å². The molecule has 0 aliphatic heterocycles. The molecule has 1 heterocycles. The first kappa shape index (κ1) is 15.6.